The molecule has 2 amide bonds. The fourth-order valence-corrected chi connectivity index (χ4v) is 3.91. The summed E-state index contributed by atoms with van der Waals surface area (Å²) in [5.74, 6) is -2.24. The van der Waals surface area contributed by atoms with Crippen molar-refractivity contribution < 1.29 is 27.4 Å². The summed E-state index contributed by atoms with van der Waals surface area (Å²) in [6.45, 7) is 0.177. The molecular formula is C11H15ClN6O6S2. The number of nitrogens with zero attached hydrogens (tertiary/aromatic N) is 3. The summed E-state index contributed by atoms with van der Waals surface area (Å²) in [6.07, 6.45) is 0. The number of nitrogen functional groups attached to an aromatic ring is 1. The summed E-state index contributed by atoms with van der Waals surface area (Å²) in [6, 6.07) is -2.41. The Kier molecular flexibility index (Phi) is 6.35. The molecule has 0 bridgehead atoms. The lowest BCUT2D eigenvalue weighted by Crippen LogP contribution is -2.73. The molecule has 0 radical (unpaired) electrons. The van der Waals surface area contributed by atoms with Gasteiger partial charge in [-0.3, -0.25) is 14.1 Å². The molecule has 15 heteroatoms. The van der Waals surface area contributed by atoms with Crippen LogP contribution in [0.4, 0.5) is 5.13 Å². The van der Waals surface area contributed by atoms with Crippen molar-refractivity contribution in [2.45, 2.75) is 12.1 Å². The van der Waals surface area contributed by atoms with Gasteiger partial charge in [0, 0.05) is 17.8 Å². The van der Waals surface area contributed by atoms with E-state index < -0.39 is 34.2 Å². The quantitative estimate of drug-likeness (QED) is 0.0921. The number of aromatic nitrogens is 1. The normalized spacial score (nSPS) is 20.7. The zero-order chi connectivity index (χ0) is 19.5. The van der Waals surface area contributed by atoms with Crippen LogP contribution in [0.2, 0.25) is 0 Å². The van der Waals surface area contributed by atoms with Gasteiger partial charge in [0.05, 0.1) is 6.04 Å². The van der Waals surface area contributed by atoms with E-state index in [1.807, 2.05) is 0 Å². The van der Waals surface area contributed by atoms with Gasteiger partial charge in [0.25, 0.3) is 11.8 Å². The molecule has 2 unspecified atom stereocenters. The van der Waals surface area contributed by atoms with Crippen molar-refractivity contribution >= 4 is 55.9 Å². The van der Waals surface area contributed by atoms with Gasteiger partial charge in [-0.25, -0.2) is 9.29 Å². The summed E-state index contributed by atoms with van der Waals surface area (Å²) >= 11 is 6.69. The maximum atomic E-state index is 12.5. The van der Waals surface area contributed by atoms with Crippen LogP contribution in [0, 0.1) is 0 Å². The molecule has 26 heavy (non-hydrogen) atoms. The van der Waals surface area contributed by atoms with Crippen molar-refractivity contribution in [2.75, 3.05) is 24.8 Å². The molecular weight excluding hydrogens is 412 g/mol. The number of hydrogen-bond donors (Lipinski definition) is 4. The Morgan fingerprint density at radius 2 is 2.27 bits per heavy atom. The van der Waals surface area contributed by atoms with Crippen molar-refractivity contribution in [3.63, 3.8) is 0 Å². The van der Waals surface area contributed by atoms with E-state index in [1.54, 1.807) is 0 Å². The Bertz CT molecular complexity index is 827. The van der Waals surface area contributed by atoms with Gasteiger partial charge in [-0.1, -0.05) is 5.16 Å². The number of rotatable bonds is 8. The lowest BCUT2D eigenvalue weighted by atomic mass is 10.0. The van der Waals surface area contributed by atoms with E-state index in [9.17, 15) is 18.0 Å². The fourth-order valence-electron chi connectivity index (χ4n) is 2.09. The topological polar surface area (TPSA) is 190 Å². The van der Waals surface area contributed by atoms with Crippen LogP contribution < -0.4 is 16.8 Å². The summed E-state index contributed by atoms with van der Waals surface area (Å²) in [7, 11) is -4.78. The van der Waals surface area contributed by atoms with Gasteiger partial charge in [0.2, 0.25) is 0 Å². The highest BCUT2D eigenvalue weighted by Crippen LogP contribution is 2.24. The SMILES string of the molecule is NCCO/N=C(/C(=O)NC1C(=O)N(S(=O)(=O)O)C1CCl)c1csc(N)n1. The third kappa shape index (κ3) is 4.21. The van der Waals surface area contributed by atoms with Crippen LogP contribution in [0.25, 0.3) is 0 Å². The number of carbonyl (C=O) groups excluding carboxylic acids is 2. The third-order valence-electron chi connectivity index (χ3n) is 3.21. The number of carbonyl (C=O) groups is 2. The molecule has 1 aliphatic heterocycles. The largest absolute Gasteiger partial charge is 0.394 e. The highest BCUT2D eigenvalue weighted by atomic mass is 35.5. The lowest BCUT2D eigenvalue weighted by molar-refractivity contribution is -0.143. The molecule has 144 valence electrons. The van der Waals surface area contributed by atoms with Crippen molar-refractivity contribution in [3.8, 4) is 0 Å². The van der Waals surface area contributed by atoms with E-state index in [4.69, 9.17) is 32.5 Å². The number of nitrogens with two attached hydrogens (primary N) is 2. The first-order chi connectivity index (χ1) is 12.2. The second-order valence-corrected chi connectivity index (χ2v) is 7.40. The zero-order valence-electron chi connectivity index (χ0n) is 13.0. The zero-order valence-corrected chi connectivity index (χ0v) is 15.4. The lowest BCUT2D eigenvalue weighted by Gasteiger charge is -2.43. The Labute approximate surface area is 157 Å². The second-order valence-electron chi connectivity index (χ2n) is 4.92. The fraction of sp³-hybridized carbons (Fsp3) is 0.455. The first-order valence-electron chi connectivity index (χ1n) is 6.99. The van der Waals surface area contributed by atoms with Gasteiger partial charge in [-0.15, -0.1) is 22.9 Å². The molecule has 2 rings (SSSR count). The van der Waals surface area contributed by atoms with Crippen molar-refractivity contribution in [1.29, 1.82) is 0 Å². The predicted molar refractivity (Wildman–Crippen MR) is 92.9 cm³/mol. The minimum Gasteiger partial charge on any atom is -0.394 e. The maximum Gasteiger partial charge on any atom is 0.362 e. The van der Waals surface area contributed by atoms with Crippen LogP contribution in [0.5, 0.6) is 0 Å². The summed E-state index contributed by atoms with van der Waals surface area (Å²) in [5, 5.41) is 7.56. The van der Waals surface area contributed by atoms with E-state index in [0.29, 0.717) is 0 Å². The number of thiazole rings is 1. The summed E-state index contributed by atoms with van der Waals surface area (Å²) in [4.78, 5) is 33.2. The number of anilines is 1. The number of halogens is 1. The van der Waals surface area contributed by atoms with Crippen LogP contribution in [-0.2, 0) is 24.7 Å². The average Bonchev–Trinajstić information content (AvgIpc) is 2.98. The Morgan fingerprint density at radius 1 is 1.58 bits per heavy atom. The summed E-state index contributed by atoms with van der Waals surface area (Å²) < 4.78 is 31.5. The number of hydrogen-bond acceptors (Lipinski definition) is 10. The molecule has 0 aromatic carbocycles. The maximum absolute atomic E-state index is 12.5. The molecule has 6 N–H and O–H groups in total. The van der Waals surface area contributed by atoms with Gasteiger partial charge in [0.15, 0.2) is 10.8 Å². The Hall–Kier alpha value is -2.00. The highest BCUT2D eigenvalue weighted by molar-refractivity contribution is 7.84. The van der Waals surface area contributed by atoms with Gasteiger partial charge in [0.1, 0.15) is 18.3 Å². The van der Waals surface area contributed by atoms with E-state index in [1.165, 1.54) is 5.38 Å². The van der Waals surface area contributed by atoms with E-state index in [2.05, 4.69) is 15.5 Å². The van der Waals surface area contributed by atoms with Crippen molar-refractivity contribution in [2.24, 2.45) is 10.9 Å². The molecule has 1 aromatic rings. The van der Waals surface area contributed by atoms with Crippen molar-refractivity contribution in [1.82, 2.24) is 14.6 Å². The smallest absolute Gasteiger partial charge is 0.362 e. The average molecular weight is 427 g/mol. The molecule has 12 nitrogen and oxygen atoms in total. The molecule has 2 heterocycles. The number of oxime groups is 1. The van der Waals surface area contributed by atoms with Crippen LogP contribution in [0.1, 0.15) is 5.69 Å². The minimum atomic E-state index is -4.78. The molecule has 0 aliphatic carbocycles. The van der Waals surface area contributed by atoms with Crippen molar-refractivity contribution in [3.05, 3.63) is 11.1 Å². The molecule has 0 spiro atoms. The van der Waals surface area contributed by atoms with E-state index in [0.717, 1.165) is 11.3 Å². The minimum absolute atomic E-state index is 0.0274. The van der Waals surface area contributed by atoms with Gasteiger partial charge in [-0.2, -0.15) is 8.42 Å². The van der Waals surface area contributed by atoms with Gasteiger partial charge >= 0.3 is 10.3 Å². The van der Waals surface area contributed by atoms with Crippen LogP contribution >= 0.6 is 22.9 Å². The highest BCUT2D eigenvalue weighted by Gasteiger charge is 2.53. The predicted octanol–water partition coefficient (Wildman–Crippen LogP) is -1.86. The third-order valence-corrected chi connectivity index (χ3v) is 5.15. The van der Waals surface area contributed by atoms with Gasteiger partial charge < -0.3 is 21.6 Å². The van der Waals surface area contributed by atoms with Crippen LogP contribution in [-0.4, -0.2) is 70.9 Å². The second kappa shape index (κ2) is 8.13. The first-order valence-corrected chi connectivity index (χ1v) is 9.80. The van der Waals surface area contributed by atoms with Crippen LogP contribution in [0.15, 0.2) is 10.5 Å². The molecule has 1 aromatic heterocycles. The number of β-lactam (4-membered cyclic amide) rings is 1. The monoisotopic (exact) mass is 426 g/mol. The molecule has 2 atom stereocenters. The summed E-state index contributed by atoms with van der Waals surface area (Å²) in [5.41, 5.74) is 10.6. The first kappa shape index (κ1) is 20.3. The van der Waals surface area contributed by atoms with E-state index in [-0.39, 0.29) is 39.9 Å². The standard InChI is InChI=1S/C11H15ClN6O6S2/c12-3-6-8(10(20)18(6)26(21,22)23)16-9(19)7(17-24-2-1-13)5-4-25-11(14)15-5/h4,6,8H,1-3,13H2,(H2,14,15)(H,16,19)(H,21,22,23)/b17-7+. The molecule has 1 aliphatic rings. The molecule has 1 fully saturated rings. The van der Waals surface area contributed by atoms with E-state index >= 15 is 0 Å². The Balaban J connectivity index is 2.19. The number of alkyl halides is 1. The van der Waals surface area contributed by atoms with Crippen LogP contribution in [0.3, 0.4) is 0 Å². The van der Waals surface area contributed by atoms with Gasteiger partial charge in [-0.05, 0) is 0 Å². The molecule has 1 saturated heterocycles. The molecule has 0 saturated carbocycles. The Morgan fingerprint density at radius 3 is 2.77 bits per heavy atom. The number of nitrogens with one attached hydrogen (secondary N) is 1. The number of amides is 2.